The number of halogens is 1. The molecule has 0 bridgehead atoms. The monoisotopic (exact) mass is 365 g/mol. The molecule has 4 amide bonds. The minimum Gasteiger partial charge on any atom is -0.352 e. The van der Waals surface area contributed by atoms with Crippen molar-refractivity contribution >= 4 is 33.8 Å². The van der Waals surface area contributed by atoms with Crippen molar-refractivity contribution in [2.75, 3.05) is 6.54 Å². The van der Waals surface area contributed by atoms with Gasteiger partial charge in [-0.1, -0.05) is 28.1 Å². The summed E-state index contributed by atoms with van der Waals surface area (Å²) < 4.78 is 0.818. The van der Waals surface area contributed by atoms with E-state index in [0.717, 1.165) is 22.2 Å². The second kappa shape index (κ2) is 5.39. The molecule has 0 unspecified atom stereocenters. The highest BCUT2D eigenvalue weighted by molar-refractivity contribution is 9.10. The largest absolute Gasteiger partial charge is 0.352 e. The summed E-state index contributed by atoms with van der Waals surface area (Å²) in [6.45, 7) is 1.40. The van der Waals surface area contributed by atoms with E-state index in [2.05, 4.69) is 26.6 Å². The number of carbonyl (C=O) groups excluding carboxylic acids is 3. The number of nitrogens with zero attached hydrogens (tertiary/aromatic N) is 1. The fourth-order valence-corrected chi connectivity index (χ4v) is 2.88. The van der Waals surface area contributed by atoms with Crippen molar-refractivity contribution in [3.63, 3.8) is 0 Å². The van der Waals surface area contributed by atoms with E-state index in [9.17, 15) is 14.4 Å². The lowest BCUT2D eigenvalue weighted by Crippen LogP contribution is -2.43. The van der Waals surface area contributed by atoms with Gasteiger partial charge in [0.1, 0.15) is 12.1 Å². The summed E-state index contributed by atoms with van der Waals surface area (Å²) in [6.07, 6.45) is 1.92. The lowest BCUT2D eigenvalue weighted by Gasteiger charge is -2.22. The van der Waals surface area contributed by atoms with Crippen LogP contribution in [0.15, 0.2) is 28.7 Å². The van der Waals surface area contributed by atoms with Gasteiger partial charge in [0.15, 0.2) is 0 Å². The minimum absolute atomic E-state index is 0.199. The van der Waals surface area contributed by atoms with Gasteiger partial charge in [0, 0.05) is 10.5 Å². The molecule has 0 radical (unpaired) electrons. The summed E-state index contributed by atoms with van der Waals surface area (Å²) in [4.78, 5) is 37.6. The average Bonchev–Trinajstić information content (AvgIpc) is 3.24. The van der Waals surface area contributed by atoms with Gasteiger partial charge in [-0.15, -0.1) is 0 Å². The SMILES string of the molecule is C[C@]1(c2cccc(Br)c2)NC(=O)N(CC(=O)NC2CC2)C1=O. The third kappa shape index (κ3) is 2.72. The van der Waals surface area contributed by atoms with Gasteiger partial charge in [-0.3, -0.25) is 14.5 Å². The van der Waals surface area contributed by atoms with Crippen LogP contribution in [0, 0.1) is 0 Å². The zero-order valence-electron chi connectivity index (χ0n) is 12.1. The van der Waals surface area contributed by atoms with Crippen molar-refractivity contribution in [1.29, 1.82) is 0 Å². The van der Waals surface area contributed by atoms with Crippen LogP contribution in [-0.2, 0) is 15.1 Å². The van der Waals surface area contributed by atoms with Crippen molar-refractivity contribution in [3.8, 4) is 0 Å². The Kier molecular flexibility index (Phi) is 3.68. The molecule has 0 spiro atoms. The van der Waals surface area contributed by atoms with Crippen LogP contribution in [0.4, 0.5) is 4.79 Å². The van der Waals surface area contributed by atoms with Crippen LogP contribution in [-0.4, -0.2) is 35.3 Å². The van der Waals surface area contributed by atoms with E-state index in [-0.39, 0.29) is 18.5 Å². The summed E-state index contributed by atoms with van der Waals surface area (Å²) in [5.74, 6) is -0.717. The Balaban J connectivity index is 1.79. The van der Waals surface area contributed by atoms with Crippen molar-refractivity contribution in [3.05, 3.63) is 34.3 Å². The Morgan fingerprint density at radius 1 is 1.45 bits per heavy atom. The third-order valence-electron chi connectivity index (χ3n) is 3.92. The Bertz CT molecular complexity index is 659. The number of hydrogen-bond donors (Lipinski definition) is 2. The van der Waals surface area contributed by atoms with Gasteiger partial charge in [-0.2, -0.15) is 0 Å². The summed E-state index contributed by atoms with van der Waals surface area (Å²) >= 11 is 3.36. The van der Waals surface area contributed by atoms with Crippen LogP contribution in [0.25, 0.3) is 0 Å². The van der Waals surface area contributed by atoms with Crippen LogP contribution < -0.4 is 10.6 Å². The lowest BCUT2D eigenvalue weighted by molar-refractivity contribution is -0.134. The fraction of sp³-hybridized carbons (Fsp3) is 0.400. The number of nitrogens with one attached hydrogen (secondary N) is 2. The molecule has 1 aliphatic carbocycles. The molecular weight excluding hydrogens is 350 g/mol. The smallest absolute Gasteiger partial charge is 0.325 e. The van der Waals surface area contributed by atoms with Crippen molar-refractivity contribution in [2.24, 2.45) is 0 Å². The van der Waals surface area contributed by atoms with E-state index in [1.165, 1.54) is 0 Å². The molecule has 22 heavy (non-hydrogen) atoms. The van der Waals surface area contributed by atoms with Crippen LogP contribution in [0.5, 0.6) is 0 Å². The molecule has 1 heterocycles. The summed E-state index contributed by atoms with van der Waals surface area (Å²) in [5.41, 5.74) is -0.480. The van der Waals surface area contributed by atoms with Gasteiger partial charge in [-0.05, 0) is 37.5 Å². The first kappa shape index (κ1) is 15.0. The summed E-state index contributed by atoms with van der Waals surface area (Å²) in [5, 5.41) is 5.46. The number of urea groups is 1. The number of carbonyl (C=O) groups is 3. The molecule has 1 aliphatic heterocycles. The number of imide groups is 1. The van der Waals surface area contributed by atoms with Gasteiger partial charge < -0.3 is 10.6 Å². The maximum Gasteiger partial charge on any atom is 0.325 e. The predicted octanol–water partition coefficient (Wildman–Crippen LogP) is 1.49. The minimum atomic E-state index is -1.15. The predicted molar refractivity (Wildman–Crippen MR) is 82.9 cm³/mol. The molecule has 2 N–H and O–H groups in total. The van der Waals surface area contributed by atoms with E-state index >= 15 is 0 Å². The summed E-state index contributed by atoms with van der Waals surface area (Å²) in [6, 6.07) is 6.85. The molecule has 2 aliphatic rings. The van der Waals surface area contributed by atoms with E-state index < -0.39 is 17.5 Å². The van der Waals surface area contributed by atoms with E-state index in [0.29, 0.717) is 5.56 Å². The molecule has 6 nitrogen and oxygen atoms in total. The molecule has 1 aromatic carbocycles. The molecule has 7 heteroatoms. The average molecular weight is 366 g/mol. The van der Waals surface area contributed by atoms with Gasteiger partial charge in [0.05, 0.1) is 0 Å². The molecule has 0 aromatic heterocycles. The molecule has 1 saturated heterocycles. The van der Waals surface area contributed by atoms with Gasteiger partial charge in [0.2, 0.25) is 5.91 Å². The fourth-order valence-electron chi connectivity index (χ4n) is 2.48. The van der Waals surface area contributed by atoms with E-state index in [1.54, 1.807) is 25.1 Å². The molecule has 2 fully saturated rings. The summed E-state index contributed by atoms with van der Waals surface area (Å²) in [7, 11) is 0. The highest BCUT2D eigenvalue weighted by Crippen LogP contribution is 2.30. The first-order valence-corrected chi connectivity index (χ1v) is 7.89. The van der Waals surface area contributed by atoms with E-state index in [1.807, 2.05) is 6.07 Å². The molecular formula is C15H16BrN3O3. The first-order valence-electron chi connectivity index (χ1n) is 7.09. The highest BCUT2D eigenvalue weighted by atomic mass is 79.9. The normalized spacial score (nSPS) is 24.4. The van der Waals surface area contributed by atoms with Crippen molar-refractivity contribution < 1.29 is 14.4 Å². The molecule has 1 saturated carbocycles. The third-order valence-corrected chi connectivity index (χ3v) is 4.41. The zero-order chi connectivity index (χ0) is 15.9. The number of benzene rings is 1. The second-order valence-corrected chi connectivity index (χ2v) is 6.71. The van der Waals surface area contributed by atoms with Crippen LogP contribution >= 0.6 is 15.9 Å². The topological polar surface area (TPSA) is 78.5 Å². The zero-order valence-corrected chi connectivity index (χ0v) is 13.6. The second-order valence-electron chi connectivity index (χ2n) is 5.80. The van der Waals surface area contributed by atoms with Crippen LogP contribution in [0.2, 0.25) is 0 Å². The molecule has 1 aromatic rings. The highest BCUT2D eigenvalue weighted by Gasteiger charge is 2.49. The standard InChI is InChI=1S/C15H16BrN3O3/c1-15(9-3-2-4-10(16)7-9)13(21)19(14(22)18-15)8-12(20)17-11-5-6-11/h2-4,7,11H,5-6,8H2,1H3,(H,17,20)(H,18,22)/t15-/m1/s1. The Hall–Kier alpha value is -1.89. The Morgan fingerprint density at radius 3 is 2.82 bits per heavy atom. The Labute approximate surface area is 136 Å². The van der Waals surface area contributed by atoms with Gasteiger partial charge in [0.25, 0.3) is 5.91 Å². The molecule has 3 rings (SSSR count). The van der Waals surface area contributed by atoms with Gasteiger partial charge in [-0.25, -0.2) is 4.79 Å². The van der Waals surface area contributed by atoms with Crippen LogP contribution in [0.3, 0.4) is 0 Å². The van der Waals surface area contributed by atoms with Gasteiger partial charge >= 0.3 is 6.03 Å². The Morgan fingerprint density at radius 2 is 2.18 bits per heavy atom. The lowest BCUT2D eigenvalue weighted by atomic mass is 9.92. The first-order chi connectivity index (χ1) is 10.4. The molecule has 116 valence electrons. The number of amides is 4. The van der Waals surface area contributed by atoms with Crippen LogP contribution in [0.1, 0.15) is 25.3 Å². The maximum atomic E-state index is 12.6. The maximum absolute atomic E-state index is 12.6. The quantitative estimate of drug-likeness (QED) is 0.793. The van der Waals surface area contributed by atoms with E-state index in [4.69, 9.17) is 0 Å². The van der Waals surface area contributed by atoms with Crippen molar-refractivity contribution in [1.82, 2.24) is 15.5 Å². The molecule has 1 atom stereocenters. The van der Waals surface area contributed by atoms with Crippen molar-refractivity contribution in [2.45, 2.75) is 31.3 Å². The number of rotatable bonds is 4. The number of hydrogen-bond acceptors (Lipinski definition) is 3.